The Morgan fingerprint density at radius 3 is 1.94 bits per heavy atom. The highest BCUT2D eigenvalue weighted by Gasteiger charge is 2.24. The molecule has 1 unspecified atom stereocenters. The molecule has 0 aromatic rings. The van der Waals surface area contributed by atoms with Crippen molar-refractivity contribution < 1.29 is 33.1 Å². The van der Waals surface area contributed by atoms with Gasteiger partial charge in [0.05, 0.1) is 19.8 Å². The number of rotatable bonds is 24. The van der Waals surface area contributed by atoms with Gasteiger partial charge in [0.15, 0.2) is 0 Å². The van der Waals surface area contributed by atoms with Crippen LogP contribution in [0.5, 0.6) is 0 Å². The summed E-state index contributed by atoms with van der Waals surface area (Å²) in [5.41, 5.74) is 5.19. The number of aliphatic hydroxyl groups is 1. The Labute approximate surface area is 217 Å². The van der Waals surface area contributed by atoms with Crippen LogP contribution in [0.4, 0.5) is 0 Å². The summed E-state index contributed by atoms with van der Waals surface area (Å²) in [7, 11) is -4.28. The molecule has 0 rings (SSSR count). The van der Waals surface area contributed by atoms with Gasteiger partial charge in [0, 0.05) is 13.0 Å². The molecule has 0 aromatic heterocycles. The summed E-state index contributed by atoms with van der Waals surface area (Å²) in [6, 6.07) is 0. The predicted octanol–water partition coefficient (Wildman–Crippen LogP) is 5.91. The normalized spacial score (nSPS) is 14.9. The largest absolute Gasteiger partial charge is 0.472 e. The lowest BCUT2D eigenvalue weighted by atomic mass is 10.1. The van der Waals surface area contributed by atoms with E-state index in [1.807, 2.05) is 0 Å². The fraction of sp³-hybridized carbons (Fsp3) is 0.667. The Kier molecular flexibility index (Phi) is 24.0. The van der Waals surface area contributed by atoms with E-state index in [1.54, 1.807) is 0 Å². The first-order valence-electron chi connectivity index (χ1n) is 13.2. The highest BCUT2D eigenvalue weighted by Crippen LogP contribution is 2.42. The van der Waals surface area contributed by atoms with Crippen LogP contribution in [0.25, 0.3) is 0 Å². The number of unbranched alkanes of at least 4 members (excludes halogenated alkanes) is 6. The molecule has 0 saturated heterocycles. The van der Waals surface area contributed by atoms with Crippen molar-refractivity contribution in [3.8, 4) is 0 Å². The second-order valence-corrected chi connectivity index (χ2v) is 9.82. The second-order valence-electron chi connectivity index (χ2n) is 8.37. The molecule has 0 amide bonds. The quantitative estimate of drug-likeness (QED) is 0.0609. The number of allylic oxidation sites excluding steroid dienone is 8. The lowest BCUT2D eigenvalue weighted by Crippen LogP contribution is -2.27. The van der Waals surface area contributed by atoms with Crippen molar-refractivity contribution >= 4 is 13.8 Å². The molecule has 36 heavy (non-hydrogen) atoms. The molecule has 0 heterocycles. The molecule has 0 spiro atoms. The highest BCUT2D eigenvalue weighted by molar-refractivity contribution is 7.47. The minimum absolute atomic E-state index is 0.0642. The van der Waals surface area contributed by atoms with E-state index in [1.165, 1.54) is 25.7 Å². The lowest BCUT2D eigenvalue weighted by Gasteiger charge is -2.17. The Morgan fingerprint density at radius 1 is 0.861 bits per heavy atom. The van der Waals surface area contributed by atoms with E-state index in [-0.39, 0.29) is 19.6 Å². The number of carbonyl (C=O) groups is 1. The SMILES string of the molecule is CCCCCC=CCC=CCC=CCC=CCCCCCC(=O)O[C@H](CO)COP(=O)(O)OCCN. The molecule has 4 N–H and O–H groups in total. The first-order valence-corrected chi connectivity index (χ1v) is 14.7. The molecule has 0 aliphatic carbocycles. The van der Waals surface area contributed by atoms with E-state index < -0.39 is 33.1 Å². The predicted molar refractivity (Wildman–Crippen MR) is 145 cm³/mol. The Bertz CT molecular complexity index is 692. The summed E-state index contributed by atoms with van der Waals surface area (Å²) in [5, 5.41) is 9.27. The first-order chi connectivity index (χ1) is 17.4. The van der Waals surface area contributed by atoms with Crippen LogP contribution in [0.1, 0.15) is 84.0 Å². The number of nitrogens with two attached hydrogens (primary N) is 1. The third kappa shape index (κ3) is 24.2. The average Bonchev–Trinajstić information content (AvgIpc) is 2.86. The maximum absolute atomic E-state index is 11.9. The van der Waals surface area contributed by atoms with Gasteiger partial charge < -0.3 is 20.5 Å². The van der Waals surface area contributed by atoms with Crippen LogP contribution in [0.2, 0.25) is 0 Å². The number of aliphatic hydroxyl groups excluding tert-OH is 1. The summed E-state index contributed by atoms with van der Waals surface area (Å²) in [6.07, 6.45) is 28.2. The number of phosphoric acid groups is 1. The maximum atomic E-state index is 11.9. The number of phosphoric ester groups is 1. The summed E-state index contributed by atoms with van der Waals surface area (Å²) < 4.78 is 25.9. The Balaban J connectivity index is 3.74. The molecule has 0 bridgehead atoms. The molecule has 9 heteroatoms. The van der Waals surface area contributed by atoms with Gasteiger partial charge >= 0.3 is 13.8 Å². The standard InChI is InChI=1S/C27H48NO7P/c1-2-3-4-5-6-7-8-9-10-11-12-13-14-15-16-17-18-19-20-21-27(30)35-26(24-29)25-34-36(31,32)33-23-22-28/h6-7,9-10,12-13,15-16,26,29H,2-5,8,11,14,17-25,28H2,1H3,(H,31,32)/t26-/m1/s1. The minimum Gasteiger partial charge on any atom is -0.457 e. The number of esters is 1. The second kappa shape index (κ2) is 25.1. The van der Waals surface area contributed by atoms with Gasteiger partial charge in [-0.3, -0.25) is 13.8 Å². The summed E-state index contributed by atoms with van der Waals surface area (Å²) in [6.45, 7) is 1.19. The van der Waals surface area contributed by atoms with Crippen molar-refractivity contribution in [1.29, 1.82) is 0 Å². The van der Waals surface area contributed by atoms with Gasteiger partial charge in [-0.25, -0.2) is 4.57 Å². The van der Waals surface area contributed by atoms with Crippen molar-refractivity contribution in [1.82, 2.24) is 0 Å². The molecule has 0 radical (unpaired) electrons. The molecular weight excluding hydrogens is 481 g/mol. The Morgan fingerprint density at radius 2 is 1.42 bits per heavy atom. The van der Waals surface area contributed by atoms with Crippen molar-refractivity contribution in [2.24, 2.45) is 5.73 Å². The van der Waals surface area contributed by atoms with E-state index in [0.29, 0.717) is 6.42 Å². The van der Waals surface area contributed by atoms with Gasteiger partial charge in [0.2, 0.25) is 0 Å². The van der Waals surface area contributed by atoms with Crippen LogP contribution in [0.15, 0.2) is 48.6 Å². The molecule has 208 valence electrons. The number of hydrogen-bond donors (Lipinski definition) is 3. The van der Waals surface area contributed by atoms with E-state index in [9.17, 15) is 19.4 Å². The number of hydrogen-bond acceptors (Lipinski definition) is 7. The van der Waals surface area contributed by atoms with Crippen LogP contribution in [-0.2, 0) is 23.1 Å². The van der Waals surface area contributed by atoms with Crippen LogP contribution >= 0.6 is 7.82 Å². The van der Waals surface area contributed by atoms with E-state index in [2.05, 4.69) is 60.1 Å². The zero-order valence-electron chi connectivity index (χ0n) is 22.0. The molecule has 8 nitrogen and oxygen atoms in total. The zero-order chi connectivity index (χ0) is 26.7. The van der Waals surface area contributed by atoms with Crippen molar-refractivity contribution in [3.63, 3.8) is 0 Å². The number of ether oxygens (including phenoxy) is 1. The number of carbonyl (C=O) groups excluding carboxylic acids is 1. The van der Waals surface area contributed by atoms with Gasteiger partial charge in [0.1, 0.15) is 6.10 Å². The third-order valence-electron chi connectivity index (χ3n) is 5.01. The minimum atomic E-state index is -4.28. The lowest BCUT2D eigenvalue weighted by molar-refractivity contribution is -0.153. The van der Waals surface area contributed by atoms with Crippen molar-refractivity contribution in [2.45, 2.75) is 90.1 Å². The van der Waals surface area contributed by atoms with Crippen LogP contribution in [-0.4, -0.2) is 48.4 Å². The van der Waals surface area contributed by atoms with Crippen molar-refractivity contribution in [3.05, 3.63) is 48.6 Å². The molecule has 0 saturated carbocycles. The third-order valence-corrected chi connectivity index (χ3v) is 5.99. The molecule has 0 aliphatic heterocycles. The van der Waals surface area contributed by atoms with Crippen LogP contribution in [0.3, 0.4) is 0 Å². The van der Waals surface area contributed by atoms with Crippen LogP contribution < -0.4 is 5.73 Å². The molecule has 0 aromatic carbocycles. The molecule has 0 fully saturated rings. The summed E-state index contributed by atoms with van der Waals surface area (Å²) >= 11 is 0. The summed E-state index contributed by atoms with van der Waals surface area (Å²) in [4.78, 5) is 21.3. The van der Waals surface area contributed by atoms with E-state index in [4.69, 9.17) is 15.0 Å². The average molecular weight is 530 g/mol. The zero-order valence-corrected chi connectivity index (χ0v) is 22.9. The molecular formula is C27H48NO7P. The monoisotopic (exact) mass is 529 g/mol. The van der Waals surface area contributed by atoms with E-state index >= 15 is 0 Å². The topological polar surface area (TPSA) is 128 Å². The van der Waals surface area contributed by atoms with Gasteiger partial charge in [-0.05, 0) is 51.4 Å². The van der Waals surface area contributed by atoms with Gasteiger partial charge in [-0.2, -0.15) is 0 Å². The van der Waals surface area contributed by atoms with Gasteiger partial charge in [-0.1, -0.05) is 74.8 Å². The van der Waals surface area contributed by atoms with E-state index in [0.717, 1.165) is 38.5 Å². The molecule has 2 atom stereocenters. The van der Waals surface area contributed by atoms with Gasteiger partial charge in [0.25, 0.3) is 0 Å². The Hall–Kier alpha value is -1.54. The van der Waals surface area contributed by atoms with Crippen LogP contribution in [0, 0.1) is 0 Å². The van der Waals surface area contributed by atoms with Crippen molar-refractivity contribution in [2.75, 3.05) is 26.4 Å². The van der Waals surface area contributed by atoms with Gasteiger partial charge in [-0.15, -0.1) is 0 Å². The fourth-order valence-corrected chi connectivity index (χ4v) is 3.79. The fourth-order valence-electron chi connectivity index (χ4n) is 3.02. The summed E-state index contributed by atoms with van der Waals surface area (Å²) in [5.74, 6) is -0.481. The highest BCUT2D eigenvalue weighted by atomic mass is 31.2. The first kappa shape index (κ1) is 34.5. The molecule has 0 aliphatic rings. The maximum Gasteiger partial charge on any atom is 0.472 e. The smallest absolute Gasteiger partial charge is 0.457 e.